The summed E-state index contributed by atoms with van der Waals surface area (Å²) in [6, 6.07) is 2.97. The predicted octanol–water partition coefficient (Wildman–Crippen LogP) is 1.92. The van der Waals surface area contributed by atoms with Crippen molar-refractivity contribution in [3.63, 3.8) is 0 Å². The summed E-state index contributed by atoms with van der Waals surface area (Å²) in [5.41, 5.74) is 0. The molecule has 1 unspecified atom stereocenters. The minimum atomic E-state index is -3.50. The zero-order chi connectivity index (χ0) is 13.9. The van der Waals surface area contributed by atoms with Gasteiger partial charge in [0.2, 0.25) is 10.0 Å². The van der Waals surface area contributed by atoms with Crippen molar-refractivity contribution >= 4 is 21.6 Å². The molecule has 1 aliphatic rings. The molecule has 1 atom stereocenters. The number of aromatic nitrogens is 1. The van der Waals surface area contributed by atoms with Crippen LogP contribution in [-0.2, 0) is 14.8 Å². The molecule has 1 aliphatic heterocycles. The van der Waals surface area contributed by atoms with Crippen molar-refractivity contribution < 1.29 is 13.2 Å². The van der Waals surface area contributed by atoms with Gasteiger partial charge in [0.05, 0.1) is 6.10 Å². The number of hydrogen-bond acceptors (Lipinski definition) is 4. The summed E-state index contributed by atoms with van der Waals surface area (Å²) < 4.78 is 31.9. The first-order chi connectivity index (χ1) is 9.04. The topological polar surface area (TPSA) is 59.5 Å². The largest absolute Gasteiger partial charge is 0.377 e. The SMILES string of the molecule is CCOC1CCCN(S(=O)(=O)c2ccc(Cl)nc2)C1. The molecule has 1 fully saturated rings. The fourth-order valence-electron chi connectivity index (χ4n) is 2.16. The van der Waals surface area contributed by atoms with Gasteiger partial charge in [0, 0.05) is 25.9 Å². The molecule has 106 valence electrons. The molecule has 7 heteroatoms. The van der Waals surface area contributed by atoms with E-state index in [1.165, 1.54) is 22.6 Å². The van der Waals surface area contributed by atoms with E-state index in [1.54, 1.807) is 0 Å². The second-order valence-corrected chi connectivity index (χ2v) is 6.72. The van der Waals surface area contributed by atoms with E-state index in [0.717, 1.165) is 12.8 Å². The lowest BCUT2D eigenvalue weighted by molar-refractivity contribution is 0.0265. The van der Waals surface area contributed by atoms with Crippen molar-refractivity contribution in [3.8, 4) is 0 Å². The van der Waals surface area contributed by atoms with Crippen LogP contribution < -0.4 is 0 Å². The Morgan fingerprint density at radius 2 is 2.32 bits per heavy atom. The smallest absolute Gasteiger partial charge is 0.244 e. The summed E-state index contributed by atoms with van der Waals surface area (Å²) >= 11 is 5.67. The number of halogens is 1. The van der Waals surface area contributed by atoms with Crippen molar-refractivity contribution in [1.82, 2.24) is 9.29 Å². The van der Waals surface area contributed by atoms with Gasteiger partial charge in [-0.1, -0.05) is 11.6 Å². The highest BCUT2D eigenvalue weighted by Gasteiger charge is 2.30. The number of piperidine rings is 1. The zero-order valence-electron chi connectivity index (χ0n) is 10.8. The molecule has 1 aromatic rings. The minimum absolute atomic E-state index is 0.0196. The van der Waals surface area contributed by atoms with Crippen LogP contribution in [0.15, 0.2) is 23.2 Å². The monoisotopic (exact) mass is 304 g/mol. The lowest BCUT2D eigenvalue weighted by Crippen LogP contribution is -2.43. The maximum atomic E-state index is 12.4. The van der Waals surface area contributed by atoms with Gasteiger partial charge in [-0.05, 0) is 31.9 Å². The van der Waals surface area contributed by atoms with E-state index in [0.29, 0.717) is 19.7 Å². The van der Waals surface area contributed by atoms with E-state index in [2.05, 4.69) is 4.98 Å². The van der Waals surface area contributed by atoms with Gasteiger partial charge >= 0.3 is 0 Å². The lowest BCUT2D eigenvalue weighted by Gasteiger charge is -2.31. The van der Waals surface area contributed by atoms with Gasteiger partial charge in [-0.15, -0.1) is 0 Å². The molecule has 0 spiro atoms. The van der Waals surface area contributed by atoms with E-state index >= 15 is 0 Å². The van der Waals surface area contributed by atoms with Crippen molar-refractivity contribution in [3.05, 3.63) is 23.5 Å². The number of rotatable bonds is 4. The van der Waals surface area contributed by atoms with Crippen LogP contribution in [0.25, 0.3) is 0 Å². The second kappa shape index (κ2) is 6.17. The van der Waals surface area contributed by atoms with Gasteiger partial charge in [-0.2, -0.15) is 4.31 Å². The molecule has 0 N–H and O–H groups in total. The Morgan fingerprint density at radius 3 is 2.95 bits per heavy atom. The summed E-state index contributed by atoms with van der Waals surface area (Å²) in [4.78, 5) is 4.00. The summed E-state index contributed by atoms with van der Waals surface area (Å²) in [5.74, 6) is 0. The number of pyridine rings is 1. The zero-order valence-corrected chi connectivity index (χ0v) is 12.3. The average Bonchev–Trinajstić information content (AvgIpc) is 2.40. The van der Waals surface area contributed by atoms with E-state index < -0.39 is 10.0 Å². The molecule has 0 saturated carbocycles. The Balaban J connectivity index is 2.17. The maximum Gasteiger partial charge on any atom is 0.244 e. The normalized spacial score (nSPS) is 21.5. The number of ether oxygens (including phenoxy) is 1. The van der Waals surface area contributed by atoms with Gasteiger partial charge in [-0.3, -0.25) is 0 Å². The third-order valence-electron chi connectivity index (χ3n) is 3.08. The van der Waals surface area contributed by atoms with Crippen LogP contribution in [0.5, 0.6) is 0 Å². The quantitative estimate of drug-likeness (QED) is 0.798. The molecule has 0 bridgehead atoms. The average molecular weight is 305 g/mol. The molecular formula is C12H17ClN2O3S. The summed E-state index contributed by atoms with van der Waals surface area (Å²) in [6.45, 7) is 3.44. The van der Waals surface area contributed by atoms with Crippen molar-refractivity contribution in [2.45, 2.75) is 30.8 Å². The van der Waals surface area contributed by atoms with Crippen LogP contribution in [0, 0.1) is 0 Å². The Labute approximate surface area is 118 Å². The molecule has 19 heavy (non-hydrogen) atoms. The van der Waals surface area contributed by atoms with Crippen LogP contribution in [0.1, 0.15) is 19.8 Å². The lowest BCUT2D eigenvalue weighted by atomic mass is 10.1. The van der Waals surface area contributed by atoms with E-state index in [9.17, 15) is 8.42 Å². The van der Waals surface area contributed by atoms with E-state index in [4.69, 9.17) is 16.3 Å². The highest BCUT2D eigenvalue weighted by Crippen LogP contribution is 2.22. The Hall–Kier alpha value is -0.690. The highest BCUT2D eigenvalue weighted by atomic mass is 35.5. The standard InChI is InChI=1S/C12H17ClN2O3S/c1-2-18-10-4-3-7-15(9-10)19(16,17)11-5-6-12(13)14-8-11/h5-6,8,10H,2-4,7,9H2,1H3. The first kappa shape index (κ1) is 14.7. The van der Waals surface area contributed by atoms with Crippen molar-refractivity contribution in [2.75, 3.05) is 19.7 Å². The summed E-state index contributed by atoms with van der Waals surface area (Å²) in [6.07, 6.45) is 2.99. The molecule has 0 radical (unpaired) electrons. The number of sulfonamides is 1. The summed E-state index contributed by atoms with van der Waals surface area (Å²) in [5, 5.41) is 0.282. The molecule has 1 aromatic heterocycles. The van der Waals surface area contributed by atoms with Gasteiger partial charge in [-0.25, -0.2) is 13.4 Å². The Bertz CT molecular complexity index is 516. The molecule has 1 saturated heterocycles. The molecule has 2 rings (SSSR count). The molecule has 5 nitrogen and oxygen atoms in total. The van der Waals surface area contributed by atoms with Crippen LogP contribution in [0.4, 0.5) is 0 Å². The predicted molar refractivity (Wildman–Crippen MR) is 72.7 cm³/mol. The van der Waals surface area contributed by atoms with Gasteiger partial charge in [0.1, 0.15) is 10.0 Å². The fourth-order valence-corrected chi connectivity index (χ4v) is 3.73. The molecule has 0 aliphatic carbocycles. The van der Waals surface area contributed by atoms with Crippen LogP contribution in [0.2, 0.25) is 5.15 Å². The maximum absolute atomic E-state index is 12.4. The van der Waals surface area contributed by atoms with E-state index in [-0.39, 0.29) is 16.2 Å². The fraction of sp³-hybridized carbons (Fsp3) is 0.583. The Kier molecular flexibility index (Phi) is 4.78. The van der Waals surface area contributed by atoms with Gasteiger partial charge in [0.25, 0.3) is 0 Å². The molecule has 0 aromatic carbocycles. The van der Waals surface area contributed by atoms with Crippen LogP contribution in [0.3, 0.4) is 0 Å². The minimum Gasteiger partial charge on any atom is -0.377 e. The third kappa shape index (κ3) is 3.45. The van der Waals surface area contributed by atoms with Crippen molar-refractivity contribution in [1.29, 1.82) is 0 Å². The molecule has 0 amide bonds. The van der Waals surface area contributed by atoms with Gasteiger partial charge < -0.3 is 4.74 Å². The highest BCUT2D eigenvalue weighted by molar-refractivity contribution is 7.89. The number of nitrogens with zero attached hydrogens (tertiary/aromatic N) is 2. The van der Waals surface area contributed by atoms with Crippen molar-refractivity contribution in [2.24, 2.45) is 0 Å². The first-order valence-corrected chi connectivity index (χ1v) is 8.09. The van der Waals surface area contributed by atoms with Gasteiger partial charge in [0.15, 0.2) is 0 Å². The molecule has 2 heterocycles. The Morgan fingerprint density at radius 1 is 1.53 bits per heavy atom. The van der Waals surface area contributed by atoms with Crippen LogP contribution >= 0.6 is 11.6 Å². The second-order valence-electron chi connectivity index (χ2n) is 4.40. The first-order valence-electron chi connectivity index (χ1n) is 6.27. The summed E-state index contributed by atoms with van der Waals surface area (Å²) in [7, 11) is -3.50. The number of hydrogen-bond donors (Lipinski definition) is 0. The molecular weight excluding hydrogens is 288 g/mol. The third-order valence-corrected chi connectivity index (χ3v) is 5.15. The van der Waals surface area contributed by atoms with Crippen LogP contribution in [-0.4, -0.2) is 43.5 Å². The van der Waals surface area contributed by atoms with E-state index in [1.807, 2.05) is 6.92 Å².